The van der Waals surface area contributed by atoms with Gasteiger partial charge in [-0.1, -0.05) is 41.4 Å². The second kappa shape index (κ2) is 9.02. The highest BCUT2D eigenvalue weighted by atomic mass is 35.5. The quantitative estimate of drug-likeness (QED) is 0.814. The molecule has 0 atom stereocenters. The number of nitrogens with one attached hydrogen (secondary N) is 2. The molecule has 0 aliphatic carbocycles. The van der Waals surface area contributed by atoms with Crippen LogP contribution in [0.15, 0.2) is 48.5 Å². The van der Waals surface area contributed by atoms with Crippen molar-refractivity contribution in [1.82, 2.24) is 10.2 Å². The van der Waals surface area contributed by atoms with Gasteiger partial charge in [0.05, 0.1) is 32.7 Å². The molecule has 2 aromatic rings. The summed E-state index contributed by atoms with van der Waals surface area (Å²) in [5, 5.41) is 3.27. The van der Waals surface area contributed by atoms with E-state index in [0.717, 1.165) is 32.7 Å². The number of aryl methyl sites for hydroxylation is 1. The first-order chi connectivity index (χ1) is 13.0. The fraction of sp³-hybridized carbons (Fsp3) is 0.333. The molecule has 5 nitrogen and oxygen atoms in total. The Morgan fingerprint density at radius 3 is 2.48 bits per heavy atom. The summed E-state index contributed by atoms with van der Waals surface area (Å²) in [5.74, 6) is -0.296. The third-order valence-corrected chi connectivity index (χ3v) is 5.12. The van der Waals surface area contributed by atoms with Crippen LogP contribution in [0.4, 0.5) is 0 Å². The Balaban J connectivity index is 1.43. The zero-order valence-electron chi connectivity index (χ0n) is 15.5. The number of piperazine rings is 1. The predicted octanol–water partition coefficient (Wildman–Crippen LogP) is 1.31. The first-order valence-corrected chi connectivity index (χ1v) is 9.60. The molecule has 2 amide bonds. The molecule has 27 heavy (non-hydrogen) atoms. The van der Waals surface area contributed by atoms with E-state index in [0.29, 0.717) is 10.6 Å². The average molecular weight is 387 g/mol. The maximum absolute atomic E-state index is 12.4. The maximum Gasteiger partial charge on any atom is 0.251 e. The lowest BCUT2D eigenvalue weighted by atomic mass is 10.1. The van der Waals surface area contributed by atoms with Gasteiger partial charge in [-0.25, -0.2) is 0 Å². The monoisotopic (exact) mass is 386 g/mol. The Hall–Kier alpha value is -2.37. The van der Waals surface area contributed by atoms with E-state index in [1.807, 2.05) is 4.90 Å². The second-order valence-electron chi connectivity index (χ2n) is 6.99. The zero-order valence-corrected chi connectivity index (χ0v) is 16.3. The molecule has 2 N–H and O–H groups in total. The van der Waals surface area contributed by atoms with Crippen molar-refractivity contribution in [3.8, 4) is 0 Å². The van der Waals surface area contributed by atoms with Gasteiger partial charge in [0.25, 0.3) is 5.91 Å². The third-order valence-electron chi connectivity index (χ3n) is 4.87. The van der Waals surface area contributed by atoms with E-state index in [9.17, 15) is 9.59 Å². The molecule has 2 aromatic carbocycles. The lowest BCUT2D eigenvalue weighted by molar-refractivity contribution is -0.917. The minimum atomic E-state index is -0.260. The van der Waals surface area contributed by atoms with E-state index < -0.39 is 0 Å². The summed E-state index contributed by atoms with van der Waals surface area (Å²) >= 11 is 5.82. The van der Waals surface area contributed by atoms with Crippen molar-refractivity contribution in [2.24, 2.45) is 0 Å². The summed E-state index contributed by atoms with van der Waals surface area (Å²) in [5.41, 5.74) is 3.11. The summed E-state index contributed by atoms with van der Waals surface area (Å²) < 4.78 is 0. The molecular formula is C21H25ClN3O2+. The lowest BCUT2D eigenvalue weighted by Gasteiger charge is -2.32. The molecule has 0 unspecified atom stereocenters. The van der Waals surface area contributed by atoms with Crippen LogP contribution in [-0.2, 0) is 11.3 Å². The van der Waals surface area contributed by atoms with Crippen LogP contribution in [0.5, 0.6) is 0 Å². The van der Waals surface area contributed by atoms with E-state index in [4.69, 9.17) is 11.6 Å². The highest BCUT2D eigenvalue weighted by molar-refractivity contribution is 6.30. The molecular weight excluding hydrogens is 362 g/mol. The van der Waals surface area contributed by atoms with E-state index in [2.05, 4.69) is 36.5 Å². The van der Waals surface area contributed by atoms with E-state index >= 15 is 0 Å². The average Bonchev–Trinajstić information content (AvgIpc) is 2.67. The van der Waals surface area contributed by atoms with Crippen molar-refractivity contribution in [1.29, 1.82) is 0 Å². The summed E-state index contributed by atoms with van der Waals surface area (Å²) in [6.07, 6.45) is 0. The van der Waals surface area contributed by atoms with Crippen molar-refractivity contribution in [3.63, 3.8) is 0 Å². The van der Waals surface area contributed by atoms with E-state index in [1.165, 1.54) is 16.0 Å². The fourth-order valence-electron chi connectivity index (χ4n) is 3.33. The predicted molar refractivity (Wildman–Crippen MR) is 106 cm³/mol. The zero-order chi connectivity index (χ0) is 19.2. The van der Waals surface area contributed by atoms with E-state index in [-0.39, 0.29) is 18.4 Å². The Morgan fingerprint density at radius 1 is 1.11 bits per heavy atom. The molecule has 1 fully saturated rings. The Bertz CT molecular complexity index is 799. The van der Waals surface area contributed by atoms with Gasteiger partial charge in [0.1, 0.15) is 6.54 Å². The molecule has 0 aromatic heterocycles. The number of carbonyl (C=O) groups is 2. The van der Waals surface area contributed by atoms with Crippen molar-refractivity contribution in [3.05, 3.63) is 70.2 Å². The number of quaternary nitrogens is 1. The van der Waals surface area contributed by atoms with Gasteiger partial charge in [0, 0.05) is 16.1 Å². The number of nitrogens with zero attached hydrogens (tertiary/aromatic N) is 1. The van der Waals surface area contributed by atoms with Crippen molar-refractivity contribution < 1.29 is 14.5 Å². The fourth-order valence-corrected chi connectivity index (χ4v) is 3.46. The summed E-state index contributed by atoms with van der Waals surface area (Å²) in [6.45, 7) is 6.39. The van der Waals surface area contributed by atoms with Crippen LogP contribution in [0.25, 0.3) is 0 Å². The summed E-state index contributed by atoms with van der Waals surface area (Å²) in [6, 6.07) is 15.2. The van der Waals surface area contributed by atoms with Gasteiger partial charge in [-0.15, -0.1) is 0 Å². The van der Waals surface area contributed by atoms with Crippen LogP contribution in [0.1, 0.15) is 21.5 Å². The normalized spacial score (nSPS) is 14.8. The van der Waals surface area contributed by atoms with E-state index in [1.54, 1.807) is 24.3 Å². The van der Waals surface area contributed by atoms with Gasteiger partial charge in [-0.2, -0.15) is 0 Å². The maximum atomic E-state index is 12.4. The molecule has 1 heterocycles. The molecule has 6 heteroatoms. The second-order valence-corrected chi connectivity index (χ2v) is 7.42. The minimum Gasteiger partial charge on any atom is -0.343 e. The highest BCUT2D eigenvalue weighted by Crippen LogP contribution is 2.09. The lowest BCUT2D eigenvalue weighted by Crippen LogP contribution is -3.13. The van der Waals surface area contributed by atoms with Crippen molar-refractivity contribution in [2.75, 3.05) is 32.7 Å². The molecule has 1 saturated heterocycles. The topological polar surface area (TPSA) is 53.9 Å². The number of rotatable bonds is 5. The SMILES string of the molecule is Cc1cccc(C[NH+]2CCN(C(=O)CNC(=O)c3ccc(Cl)cc3)CC2)c1. The number of halogens is 1. The number of carbonyl (C=O) groups excluding carboxylic acids is 2. The molecule has 1 aliphatic rings. The van der Waals surface area contributed by atoms with Crippen molar-refractivity contribution in [2.45, 2.75) is 13.5 Å². The van der Waals surface area contributed by atoms with Crippen LogP contribution >= 0.6 is 11.6 Å². The molecule has 0 bridgehead atoms. The van der Waals surface area contributed by atoms with Gasteiger partial charge >= 0.3 is 0 Å². The van der Waals surface area contributed by atoms with Crippen LogP contribution in [0, 0.1) is 6.92 Å². The van der Waals surface area contributed by atoms with Crippen LogP contribution in [0.3, 0.4) is 0 Å². The minimum absolute atomic E-state index is 0.0225. The number of hydrogen-bond donors (Lipinski definition) is 2. The van der Waals surface area contributed by atoms with Crippen LogP contribution in [0.2, 0.25) is 5.02 Å². The first-order valence-electron chi connectivity index (χ1n) is 9.22. The summed E-state index contributed by atoms with van der Waals surface area (Å²) in [4.78, 5) is 27.8. The van der Waals surface area contributed by atoms with Crippen LogP contribution < -0.4 is 10.2 Å². The Kier molecular flexibility index (Phi) is 6.48. The molecule has 0 saturated carbocycles. The van der Waals surface area contributed by atoms with Gasteiger partial charge < -0.3 is 15.1 Å². The van der Waals surface area contributed by atoms with Gasteiger partial charge in [0.2, 0.25) is 5.91 Å². The number of hydrogen-bond acceptors (Lipinski definition) is 2. The Labute approximate surface area is 164 Å². The third kappa shape index (κ3) is 5.55. The standard InChI is InChI=1S/C21H24ClN3O2/c1-16-3-2-4-17(13-16)15-24-9-11-25(12-10-24)20(26)14-23-21(27)18-5-7-19(22)8-6-18/h2-8,13H,9-12,14-15H2,1H3,(H,23,27)/p+1. The van der Waals surface area contributed by atoms with Gasteiger partial charge in [0.15, 0.2) is 0 Å². The number of amides is 2. The van der Waals surface area contributed by atoms with Crippen molar-refractivity contribution >= 4 is 23.4 Å². The molecule has 0 radical (unpaired) electrons. The molecule has 1 aliphatic heterocycles. The Morgan fingerprint density at radius 2 is 1.81 bits per heavy atom. The molecule has 142 valence electrons. The smallest absolute Gasteiger partial charge is 0.251 e. The first kappa shape index (κ1) is 19.4. The summed E-state index contributed by atoms with van der Waals surface area (Å²) in [7, 11) is 0. The van der Waals surface area contributed by atoms with Gasteiger partial charge in [-0.3, -0.25) is 9.59 Å². The van der Waals surface area contributed by atoms with Crippen LogP contribution in [-0.4, -0.2) is 49.4 Å². The molecule has 3 rings (SSSR count). The molecule has 0 spiro atoms. The van der Waals surface area contributed by atoms with Gasteiger partial charge in [-0.05, 0) is 31.2 Å². The highest BCUT2D eigenvalue weighted by Gasteiger charge is 2.24. The number of benzene rings is 2. The largest absolute Gasteiger partial charge is 0.343 e.